The van der Waals surface area contributed by atoms with E-state index >= 15 is 0 Å². The zero-order valence-corrected chi connectivity index (χ0v) is 9.73. The lowest BCUT2D eigenvalue weighted by molar-refractivity contribution is -0.115. The highest BCUT2D eigenvalue weighted by Gasteiger charge is 2.22. The number of benzene rings is 1. The van der Waals surface area contributed by atoms with Crippen molar-refractivity contribution in [1.29, 1.82) is 0 Å². The molecule has 17 heavy (non-hydrogen) atoms. The first-order valence-electron chi connectivity index (χ1n) is 5.63. The molecule has 5 heteroatoms. The zero-order chi connectivity index (χ0) is 12.4. The minimum absolute atomic E-state index is 0.0116. The highest BCUT2D eigenvalue weighted by atomic mass is 16.3. The number of amides is 1. The number of fused-ring (bicyclic) bond motifs is 1. The van der Waals surface area contributed by atoms with Crippen LogP contribution in [0.1, 0.15) is 17.2 Å². The van der Waals surface area contributed by atoms with Crippen LogP contribution in [0.25, 0.3) is 0 Å². The molecular weight excluding hydrogens is 218 g/mol. The number of nitrogens with two attached hydrogens (primary N) is 1. The third-order valence-electron chi connectivity index (χ3n) is 3.05. The molecule has 0 aliphatic carbocycles. The molecule has 1 aliphatic heterocycles. The zero-order valence-electron chi connectivity index (χ0n) is 9.73. The summed E-state index contributed by atoms with van der Waals surface area (Å²) in [5.41, 5.74) is 8.24. The van der Waals surface area contributed by atoms with Gasteiger partial charge in [-0.3, -0.25) is 4.79 Å². The molecule has 1 amide bonds. The number of aliphatic hydroxyl groups is 1. The molecule has 0 fully saturated rings. The summed E-state index contributed by atoms with van der Waals surface area (Å²) < 4.78 is 0. The minimum Gasteiger partial charge on any atom is -0.390 e. The Morgan fingerprint density at radius 1 is 1.59 bits per heavy atom. The average molecular weight is 235 g/mol. The maximum atomic E-state index is 11.2. The molecule has 0 aromatic heterocycles. The van der Waals surface area contributed by atoms with Crippen molar-refractivity contribution in [2.75, 3.05) is 18.9 Å². The smallest absolute Gasteiger partial charge is 0.228 e. The van der Waals surface area contributed by atoms with Crippen LogP contribution in [0.4, 0.5) is 5.69 Å². The van der Waals surface area contributed by atoms with E-state index in [0.29, 0.717) is 6.42 Å². The van der Waals surface area contributed by atoms with Crippen molar-refractivity contribution in [3.63, 3.8) is 0 Å². The normalized spacial score (nSPS) is 17.5. The van der Waals surface area contributed by atoms with E-state index in [1.54, 1.807) is 7.05 Å². The molecule has 1 aromatic rings. The fourth-order valence-corrected chi connectivity index (χ4v) is 2.16. The number of hydrogen-bond donors (Lipinski definition) is 4. The molecule has 2 atom stereocenters. The van der Waals surface area contributed by atoms with Gasteiger partial charge in [-0.2, -0.15) is 0 Å². The van der Waals surface area contributed by atoms with Crippen molar-refractivity contribution in [1.82, 2.24) is 5.32 Å². The number of aliphatic hydroxyl groups excluding tert-OH is 1. The fraction of sp³-hybridized carbons (Fsp3) is 0.417. The van der Waals surface area contributed by atoms with Crippen LogP contribution in [0.5, 0.6) is 0 Å². The topological polar surface area (TPSA) is 87.4 Å². The van der Waals surface area contributed by atoms with E-state index in [9.17, 15) is 9.90 Å². The van der Waals surface area contributed by atoms with Crippen LogP contribution in [0, 0.1) is 0 Å². The molecule has 0 saturated carbocycles. The monoisotopic (exact) mass is 235 g/mol. The molecule has 1 aromatic carbocycles. The largest absolute Gasteiger partial charge is 0.390 e. The predicted molar refractivity (Wildman–Crippen MR) is 65.6 cm³/mol. The van der Waals surface area contributed by atoms with E-state index < -0.39 is 6.10 Å². The Morgan fingerprint density at radius 2 is 2.35 bits per heavy atom. The van der Waals surface area contributed by atoms with Crippen molar-refractivity contribution >= 4 is 11.6 Å². The quantitative estimate of drug-likeness (QED) is 0.580. The second-order valence-corrected chi connectivity index (χ2v) is 4.21. The minimum atomic E-state index is -0.636. The lowest BCUT2D eigenvalue weighted by Crippen LogP contribution is -2.35. The van der Waals surface area contributed by atoms with E-state index in [0.717, 1.165) is 16.8 Å². The number of nitrogens with one attached hydrogen (secondary N) is 2. The van der Waals surface area contributed by atoms with E-state index in [2.05, 4.69) is 10.6 Å². The maximum absolute atomic E-state index is 11.2. The standard InChI is InChI=1S/C12H17N3O2/c1-14-12(10(16)6-13)7-2-3-9-8(4-7)5-11(17)15-9/h2-4,10,12,14,16H,5-6,13H2,1H3,(H,15,17). The predicted octanol–water partition coefficient (Wildman–Crippen LogP) is -0.239. The van der Waals surface area contributed by atoms with E-state index in [4.69, 9.17) is 5.73 Å². The van der Waals surface area contributed by atoms with Gasteiger partial charge in [0.2, 0.25) is 5.91 Å². The Kier molecular flexibility index (Phi) is 3.42. The highest BCUT2D eigenvalue weighted by Crippen LogP contribution is 2.27. The first kappa shape index (κ1) is 12.0. The van der Waals surface area contributed by atoms with E-state index in [-0.39, 0.29) is 18.5 Å². The maximum Gasteiger partial charge on any atom is 0.228 e. The molecule has 0 saturated heterocycles. The van der Waals surface area contributed by atoms with Crippen molar-refractivity contribution < 1.29 is 9.90 Å². The van der Waals surface area contributed by atoms with Crippen LogP contribution in [-0.4, -0.2) is 30.7 Å². The van der Waals surface area contributed by atoms with Crippen LogP contribution >= 0.6 is 0 Å². The molecule has 0 bridgehead atoms. The van der Waals surface area contributed by atoms with Crippen LogP contribution in [0.2, 0.25) is 0 Å². The van der Waals surface area contributed by atoms with Gasteiger partial charge in [0.25, 0.3) is 0 Å². The molecule has 2 unspecified atom stereocenters. The summed E-state index contributed by atoms with van der Waals surface area (Å²) in [5.74, 6) is 0.0116. The highest BCUT2D eigenvalue weighted by molar-refractivity contribution is 5.99. The Labute approximate surface area is 100 Å². The summed E-state index contributed by atoms with van der Waals surface area (Å²) in [6.45, 7) is 0.194. The first-order valence-corrected chi connectivity index (χ1v) is 5.63. The van der Waals surface area contributed by atoms with Crippen LogP contribution < -0.4 is 16.4 Å². The Balaban J connectivity index is 2.28. The molecular formula is C12H17N3O2. The number of rotatable bonds is 4. The van der Waals surface area contributed by atoms with Gasteiger partial charge < -0.3 is 21.5 Å². The van der Waals surface area contributed by atoms with Gasteiger partial charge in [-0.25, -0.2) is 0 Å². The summed E-state index contributed by atoms with van der Waals surface area (Å²) in [6.07, 6.45) is -0.235. The van der Waals surface area contributed by atoms with Gasteiger partial charge in [-0.1, -0.05) is 12.1 Å². The number of hydrogen-bond acceptors (Lipinski definition) is 4. The van der Waals surface area contributed by atoms with E-state index in [1.807, 2.05) is 18.2 Å². The summed E-state index contributed by atoms with van der Waals surface area (Å²) in [6, 6.07) is 5.49. The number of likely N-dealkylation sites (N-methyl/N-ethyl adjacent to an activating group) is 1. The lowest BCUT2D eigenvalue weighted by atomic mass is 9.98. The second-order valence-electron chi connectivity index (χ2n) is 4.21. The third-order valence-corrected chi connectivity index (χ3v) is 3.05. The van der Waals surface area contributed by atoms with Crippen LogP contribution in [0.3, 0.4) is 0 Å². The van der Waals surface area contributed by atoms with Gasteiger partial charge in [-0.05, 0) is 24.2 Å². The van der Waals surface area contributed by atoms with Gasteiger partial charge in [0, 0.05) is 12.2 Å². The van der Waals surface area contributed by atoms with Crippen molar-refractivity contribution in [2.45, 2.75) is 18.6 Å². The molecule has 5 N–H and O–H groups in total. The first-order chi connectivity index (χ1) is 8.15. The summed E-state index contributed by atoms with van der Waals surface area (Å²) >= 11 is 0. The average Bonchev–Trinajstić information content (AvgIpc) is 2.69. The van der Waals surface area contributed by atoms with Gasteiger partial charge >= 0.3 is 0 Å². The second kappa shape index (κ2) is 4.83. The lowest BCUT2D eigenvalue weighted by Gasteiger charge is -2.22. The molecule has 2 rings (SSSR count). The Bertz CT molecular complexity index is 434. The molecule has 0 spiro atoms. The van der Waals surface area contributed by atoms with E-state index in [1.165, 1.54) is 0 Å². The number of carbonyl (C=O) groups excluding carboxylic acids is 1. The van der Waals surface area contributed by atoms with Gasteiger partial charge in [0.15, 0.2) is 0 Å². The van der Waals surface area contributed by atoms with Crippen molar-refractivity contribution in [3.8, 4) is 0 Å². The SMILES string of the molecule is CNC(c1ccc2c(c1)CC(=O)N2)C(O)CN. The number of carbonyl (C=O) groups is 1. The van der Waals surface area contributed by atoms with Crippen molar-refractivity contribution in [3.05, 3.63) is 29.3 Å². The summed E-state index contributed by atoms with van der Waals surface area (Å²) in [5, 5.41) is 15.6. The van der Waals surface area contributed by atoms with Gasteiger partial charge in [-0.15, -0.1) is 0 Å². The Hall–Kier alpha value is -1.43. The summed E-state index contributed by atoms with van der Waals surface area (Å²) in [4.78, 5) is 11.2. The van der Waals surface area contributed by atoms with Crippen molar-refractivity contribution in [2.24, 2.45) is 5.73 Å². The molecule has 92 valence electrons. The molecule has 0 radical (unpaired) electrons. The third kappa shape index (κ3) is 2.31. The van der Waals surface area contributed by atoms with Gasteiger partial charge in [0.05, 0.1) is 18.6 Å². The molecule has 1 heterocycles. The molecule has 1 aliphatic rings. The Morgan fingerprint density at radius 3 is 3.00 bits per heavy atom. The fourth-order valence-electron chi connectivity index (χ4n) is 2.16. The number of anilines is 1. The summed E-state index contributed by atoms with van der Waals surface area (Å²) in [7, 11) is 1.78. The van der Waals surface area contributed by atoms with Crippen LogP contribution in [-0.2, 0) is 11.2 Å². The van der Waals surface area contributed by atoms with Gasteiger partial charge in [0.1, 0.15) is 0 Å². The molecule has 5 nitrogen and oxygen atoms in total. The van der Waals surface area contributed by atoms with Crippen LogP contribution in [0.15, 0.2) is 18.2 Å².